The molecule has 4 nitrogen and oxygen atoms in total. The minimum Gasteiger partial charge on any atom is -0.475 e. The molecule has 4 heteroatoms. The monoisotopic (exact) mass is 455 g/mol. The first-order valence-corrected chi connectivity index (χ1v) is 11.9. The van der Waals surface area contributed by atoms with Crippen molar-refractivity contribution in [2.45, 2.75) is 45.8 Å². The van der Waals surface area contributed by atoms with E-state index in [1.165, 1.54) is 29.2 Å². The van der Waals surface area contributed by atoms with Crippen LogP contribution in [0.25, 0.3) is 11.1 Å². The van der Waals surface area contributed by atoms with Gasteiger partial charge in [0.15, 0.2) is 0 Å². The lowest BCUT2D eigenvalue weighted by Crippen LogP contribution is -2.30. The summed E-state index contributed by atoms with van der Waals surface area (Å²) in [6.45, 7) is 5.76. The number of hydrogen-bond acceptors (Lipinski definition) is 4. The minimum absolute atomic E-state index is 0.01000. The van der Waals surface area contributed by atoms with Crippen LogP contribution in [0.1, 0.15) is 61.8 Å². The van der Waals surface area contributed by atoms with Gasteiger partial charge in [0.1, 0.15) is 17.7 Å². The van der Waals surface area contributed by atoms with E-state index < -0.39 is 0 Å². The van der Waals surface area contributed by atoms with Gasteiger partial charge >= 0.3 is 5.97 Å². The van der Waals surface area contributed by atoms with E-state index in [9.17, 15) is 4.79 Å². The van der Waals surface area contributed by atoms with Crippen molar-refractivity contribution in [2.24, 2.45) is 0 Å². The maximum atomic E-state index is 11.4. The molecule has 1 aliphatic rings. The third kappa shape index (κ3) is 5.23. The van der Waals surface area contributed by atoms with E-state index in [0.29, 0.717) is 11.7 Å². The Kier molecular flexibility index (Phi) is 7.18. The zero-order chi connectivity index (χ0) is 24.2. The lowest BCUT2D eigenvalue weighted by Gasteiger charge is -2.28. The van der Waals surface area contributed by atoms with Crippen LogP contribution < -0.4 is 9.47 Å². The molecule has 0 radical (unpaired) electrons. The molecule has 2 atom stereocenters. The largest absolute Gasteiger partial charge is 0.475 e. The van der Waals surface area contributed by atoms with E-state index in [4.69, 9.17) is 9.47 Å². The Labute approximate surface area is 202 Å². The molecule has 0 saturated carbocycles. The van der Waals surface area contributed by atoms with E-state index in [2.05, 4.69) is 43.3 Å². The van der Waals surface area contributed by atoms with Crippen LogP contribution in [0.2, 0.25) is 0 Å². The van der Waals surface area contributed by atoms with E-state index in [1.54, 1.807) is 0 Å². The first kappa shape index (κ1) is 23.8. The number of ether oxygens (including phenoxy) is 2. The highest BCUT2D eigenvalue weighted by Gasteiger charge is 2.24. The lowest BCUT2D eigenvalue weighted by atomic mass is 9.77. The van der Waals surface area contributed by atoms with Gasteiger partial charge in [-0.25, -0.2) is 0 Å². The minimum atomic E-state index is -0.316. The summed E-state index contributed by atoms with van der Waals surface area (Å²) < 4.78 is 11.3. The van der Waals surface area contributed by atoms with Crippen molar-refractivity contribution in [2.75, 3.05) is 14.1 Å². The maximum absolute atomic E-state index is 11.4. The maximum Gasteiger partial charge on any atom is 0.308 e. The predicted molar refractivity (Wildman–Crippen MR) is 138 cm³/mol. The van der Waals surface area contributed by atoms with Gasteiger partial charge in [-0.05, 0) is 97.4 Å². The van der Waals surface area contributed by atoms with Crippen LogP contribution in [0.15, 0.2) is 72.8 Å². The van der Waals surface area contributed by atoms with Crippen LogP contribution >= 0.6 is 0 Å². The Morgan fingerprint density at radius 1 is 0.912 bits per heavy atom. The normalized spacial score (nSPS) is 17.6. The van der Waals surface area contributed by atoms with Crippen LogP contribution in [0.5, 0.6) is 11.5 Å². The van der Waals surface area contributed by atoms with Crippen molar-refractivity contribution in [3.05, 3.63) is 95.1 Å². The standard InChI is InChI=1S/C30H33NO3/c1-20-10-19-29(28-9-7-6-8-27(20)28)30(24-13-17-26(18-14-24)34-22(3)32)23-11-15-25(16-12-23)33-21(2)31(4)5/h6-9,11-18,20-21H,10,19H2,1-5H3. The van der Waals surface area contributed by atoms with E-state index in [0.717, 1.165) is 29.7 Å². The second-order valence-electron chi connectivity index (χ2n) is 9.20. The number of fused-ring (bicyclic) bond motifs is 1. The van der Waals surface area contributed by atoms with Gasteiger partial charge in [0.05, 0.1) is 0 Å². The lowest BCUT2D eigenvalue weighted by molar-refractivity contribution is -0.131. The van der Waals surface area contributed by atoms with Crippen LogP contribution in [0, 0.1) is 0 Å². The summed E-state index contributed by atoms with van der Waals surface area (Å²) in [4.78, 5) is 13.4. The van der Waals surface area contributed by atoms with Crippen molar-refractivity contribution in [1.29, 1.82) is 0 Å². The predicted octanol–water partition coefficient (Wildman–Crippen LogP) is 6.75. The molecule has 0 saturated heterocycles. The van der Waals surface area contributed by atoms with Crippen LogP contribution in [-0.4, -0.2) is 31.2 Å². The topological polar surface area (TPSA) is 38.8 Å². The molecule has 0 bridgehead atoms. The Balaban J connectivity index is 1.81. The zero-order valence-electron chi connectivity index (χ0n) is 20.7. The highest BCUT2D eigenvalue weighted by Crippen LogP contribution is 2.44. The Morgan fingerprint density at radius 3 is 2.09 bits per heavy atom. The number of hydrogen-bond donors (Lipinski definition) is 0. The molecule has 0 aromatic heterocycles. The summed E-state index contributed by atoms with van der Waals surface area (Å²) in [5.74, 6) is 1.62. The smallest absolute Gasteiger partial charge is 0.308 e. The van der Waals surface area contributed by atoms with Crippen molar-refractivity contribution in [3.63, 3.8) is 0 Å². The number of allylic oxidation sites excluding steroid dienone is 1. The summed E-state index contributed by atoms with van der Waals surface area (Å²) >= 11 is 0. The fourth-order valence-corrected chi connectivity index (χ4v) is 4.49. The first-order chi connectivity index (χ1) is 16.3. The average Bonchev–Trinajstić information content (AvgIpc) is 2.82. The quantitative estimate of drug-likeness (QED) is 0.234. The number of nitrogens with zero attached hydrogens (tertiary/aromatic N) is 1. The summed E-state index contributed by atoms with van der Waals surface area (Å²) in [7, 11) is 4.01. The molecule has 0 spiro atoms. The van der Waals surface area contributed by atoms with Crippen LogP contribution in [0.4, 0.5) is 0 Å². The van der Waals surface area contributed by atoms with E-state index in [-0.39, 0.29) is 12.2 Å². The summed E-state index contributed by atoms with van der Waals surface area (Å²) in [6, 6.07) is 24.9. The third-order valence-corrected chi connectivity index (χ3v) is 6.53. The van der Waals surface area contributed by atoms with Crippen molar-refractivity contribution < 1.29 is 14.3 Å². The van der Waals surface area contributed by atoms with E-state index in [1.807, 2.05) is 62.3 Å². The van der Waals surface area contributed by atoms with Gasteiger partial charge in [-0.2, -0.15) is 0 Å². The SMILES string of the molecule is CC(=O)Oc1ccc(C(=C2CCC(C)c3ccccc32)c2ccc(OC(C)N(C)C)cc2)cc1. The molecule has 0 heterocycles. The Morgan fingerprint density at radius 2 is 1.50 bits per heavy atom. The summed E-state index contributed by atoms with van der Waals surface area (Å²) in [5, 5.41) is 0. The molecule has 0 N–H and O–H groups in total. The first-order valence-electron chi connectivity index (χ1n) is 11.9. The third-order valence-electron chi connectivity index (χ3n) is 6.53. The molecule has 1 aliphatic carbocycles. The highest BCUT2D eigenvalue weighted by molar-refractivity contribution is 5.99. The number of rotatable bonds is 6. The zero-order valence-corrected chi connectivity index (χ0v) is 20.7. The second kappa shape index (κ2) is 10.3. The van der Waals surface area contributed by atoms with Gasteiger partial charge in [0.25, 0.3) is 0 Å². The summed E-state index contributed by atoms with van der Waals surface area (Å²) in [6.07, 6.45) is 2.11. The van der Waals surface area contributed by atoms with Crippen molar-refractivity contribution in [3.8, 4) is 11.5 Å². The number of esters is 1. The second-order valence-corrected chi connectivity index (χ2v) is 9.20. The molecule has 176 valence electrons. The molecule has 34 heavy (non-hydrogen) atoms. The van der Waals surface area contributed by atoms with Gasteiger partial charge in [-0.1, -0.05) is 55.5 Å². The van der Waals surface area contributed by atoms with Gasteiger partial charge in [-0.15, -0.1) is 0 Å². The average molecular weight is 456 g/mol. The molecule has 3 aromatic rings. The fourth-order valence-electron chi connectivity index (χ4n) is 4.49. The number of benzene rings is 3. The van der Waals surface area contributed by atoms with Gasteiger partial charge in [-0.3, -0.25) is 9.69 Å². The molecule has 0 amide bonds. The Bertz CT molecular complexity index is 1180. The molecule has 3 aromatic carbocycles. The van der Waals surface area contributed by atoms with Crippen molar-refractivity contribution >= 4 is 17.1 Å². The van der Waals surface area contributed by atoms with Gasteiger partial charge in [0, 0.05) is 6.92 Å². The molecular formula is C30H33NO3. The molecule has 2 unspecified atom stereocenters. The van der Waals surface area contributed by atoms with E-state index >= 15 is 0 Å². The van der Waals surface area contributed by atoms with Crippen LogP contribution in [0.3, 0.4) is 0 Å². The fraction of sp³-hybridized carbons (Fsp3) is 0.300. The molecule has 0 fully saturated rings. The summed E-state index contributed by atoms with van der Waals surface area (Å²) in [5.41, 5.74) is 7.53. The molecule has 4 rings (SSSR count). The highest BCUT2D eigenvalue weighted by atomic mass is 16.5. The Hall–Kier alpha value is -3.37. The van der Waals surface area contributed by atoms with Gasteiger partial charge < -0.3 is 9.47 Å². The molecule has 0 aliphatic heterocycles. The van der Waals surface area contributed by atoms with Gasteiger partial charge in [0.2, 0.25) is 0 Å². The number of carbonyl (C=O) groups is 1. The molecular weight excluding hydrogens is 422 g/mol. The van der Waals surface area contributed by atoms with Crippen molar-refractivity contribution in [1.82, 2.24) is 4.90 Å². The van der Waals surface area contributed by atoms with Crippen LogP contribution in [-0.2, 0) is 4.79 Å². The number of carbonyl (C=O) groups excluding carboxylic acids is 1.